The van der Waals surface area contributed by atoms with Crippen molar-refractivity contribution in [2.75, 3.05) is 24.3 Å². The number of likely N-dealkylation sites (tertiary alicyclic amines) is 1. The zero-order chi connectivity index (χ0) is 34.2. The predicted molar refractivity (Wildman–Crippen MR) is 177 cm³/mol. The van der Waals surface area contributed by atoms with Gasteiger partial charge in [0.05, 0.1) is 41.1 Å². The van der Waals surface area contributed by atoms with Crippen molar-refractivity contribution >= 4 is 46.9 Å². The molecule has 0 radical (unpaired) electrons. The van der Waals surface area contributed by atoms with Gasteiger partial charge in [-0.1, -0.05) is 29.8 Å². The maximum Gasteiger partial charge on any atom is 0.335 e. The number of para-hydroxylation sites is 1. The molecule has 5 rings (SSSR count). The molecule has 13 heteroatoms. The zero-order valence-electron chi connectivity index (χ0n) is 25.7. The maximum atomic E-state index is 13.7. The average molecular weight is 674 g/mol. The number of hydrogen-bond acceptors (Lipinski definition) is 7. The molecular formula is C35H32ClN3O9. The standard InChI is InChI=1S/C35H32ClN3O9/c1-46-30-19-21(8-17-28(30)38-35(45)37-27-6-3-2-5-26(27)36)20-31(40)39-18-4-7-29(39)34(47-24-13-9-22(10-14-24)32(41)42)48-25-15-11-23(12-16-25)33(43)44/h2-3,5-6,8-17,19,29,34H,4,7,18,20H2,1H3,(H,41,42)(H,43,44)(H2,37,38,45)/t29-/m0/s1. The van der Waals surface area contributed by atoms with Crippen LogP contribution >= 0.6 is 11.6 Å². The summed E-state index contributed by atoms with van der Waals surface area (Å²) in [4.78, 5) is 50.7. The molecule has 1 aliphatic heterocycles. The van der Waals surface area contributed by atoms with Gasteiger partial charge in [0.15, 0.2) is 0 Å². The van der Waals surface area contributed by atoms with Crippen LogP contribution in [0.4, 0.5) is 16.2 Å². The molecule has 1 saturated heterocycles. The van der Waals surface area contributed by atoms with E-state index in [9.17, 15) is 29.4 Å². The maximum absolute atomic E-state index is 13.7. The second kappa shape index (κ2) is 15.2. The highest BCUT2D eigenvalue weighted by molar-refractivity contribution is 6.33. The van der Waals surface area contributed by atoms with E-state index in [-0.39, 0.29) is 23.5 Å². The number of methoxy groups -OCH3 is 1. The first-order chi connectivity index (χ1) is 23.1. The number of carboxylic acids is 2. The van der Waals surface area contributed by atoms with Crippen LogP contribution in [0.25, 0.3) is 0 Å². The quantitative estimate of drug-likeness (QED) is 0.124. The third kappa shape index (κ3) is 8.34. The van der Waals surface area contributed by atoms with Gasteiger partial charge in [-0.3, -0.25) is 4.79 Å². The number of urea groups is 1. The lowest BCUT2D eigenvalue weighted by molar-refractivity contribution is -0.137. The summed E-state index contributed by atoms with van der Waals surface area (Å²) in [5.41, 5.74) is 1.64. The number of nitrogens with one attached hydrogen (secondary N) is 2. The molecule has 3 amide bonds. The minimum Gasteiger partial charge on any atom is -0.495 e. The summed E-state index contributed by atoms with van der Waals surface area (Å²) in [6.45, 7) is 0.446. The molecule has 4 aromatic carbocycles. The molecule has 0 aliphatic carbocycles. The molecule has 4 aromatic rings. The largest absolute Gasteiger partial charge is 0.495 e. The van der Waals surface area contributed by atoms with Crippen LogP contribution in [-0.2, 0) is 11.2 Å². The Morgan fingerprint density at radius 1 is 0.833 bits per heavy atom. The minimum atomic E-state index is -1.08. The third-order valence-corrected chi connectivity index (χ3v) is 7.96. The van der Waals surface area contributed by atoms with Gasteiger partial charge in [0, 0.05) is 6.54 Å². The highest BCUT2D eigenvalue weighted by Crippen LogP contribution is 2.30. The van der Waals surface area contributed by atoms with Crippen LogP contribution in [0.5, 0.6) is 17.2 Å². The number of hydrogen-bond donors (Lipinski definition) is 4. The molecule has 0 bridgehead atoms. The Kier molecular flexibility index (Phi) is 10.7. The van der Waals surface area contributed by atoms with Gasteiger partial charge in [-0.2, -0.15) is 0 Å². The SMILES string of the molecule is COc1cc(CC(=O)N2CCC[C@H]2C(Oc2ccc(C(=O)O)cc2)Oc2ccc(C(=O)O)cc2)ccc1NC(=O)Nc1ccccc1Cl. The third-order valence-electron chi connectivity index (χ3n) is 7.63. The molecule has 48 heavy (non-hydrogen) atoms. The van der Waals surface area contributed by atoms with E-state index < -0.39 is 30.3 Å². The molecular weight excluding hydrogens is 642 g/mol. The Hall–Kier alpha value is -5.75. The normalized spacial score (nSPS) is 13.9. The van der Waals surface area contributed by atoms with Crippen LogP contribution in [0.3, 0.4) is 0 Å². The number of aromatic carboxylic acids is 2. The molecule has 1 heterocycles. The molecule has 248 valence electrons. The van der Waals surface area contributed by atoms with E-state index in [1.807, 2.05) is 0 Å². The first-order valence-corrected chi connectivity index (χ1v) is 15.3. The van der Waals surface area contributed by atoms with Gasteiger partial charge in [-0.05, 0) is 91.2 Å². The molecule has 0 unspecified atom stereocenters. The second-order valence-electron chi connectivity index (χ2n) is 10.8. The van der Waals surface area contributed by atoms with E-state index in [2.05, 4.69) is 10.6 Å². The number of anilines is 2. The van der Waals surface area contributed by atoms with Crippen molar-refractivity contribution in [3.05, 3.63) is 113 Å². The molecule has 12 nitrogen and oxygen atoms in total. The minimum absolute atomic E-state index is 0.0201. The molecule has 0 saturated carbocycles. The average Bonchev–Trinajstić information content (AvgIpc) is 3.57. The fraction of sp³-hybridized carbons (Fsp3) is 0.200. The summed E-state index contributed by atoms with van der Waals surface area (Å²) >= 11 is 6.14. The van der Waals surface area contributed by atoms with Gasteiger partial charge in [0.2, 0.25) is 5.91 Å². The van der Waals surface area contributed by atoms with Gasteiger partial charge < -0.3 is 40.0 Å². The molecule has 0 spiro atoms. The Morgan fingerprint density at radius 3 is 1.98 bits per heavy atom. The molecule has 1 atom stereocenters. The number of carboxylic acid groups (broad SMARTS) is 2. The van der Waals surface area contributed by atoms with Crippen LogP contribution in [0, 0.1) is 0 Å². The van der Waals surface area contributed by atoms with E-state index in [0.29, 0.717) is 58.6 Å². The fourth-order valence-electron chi connectivity index (χ4n) is 5.25. The number of benzene rings is 4. The smallest absolute Gasteiger partial charge is 0.335 e. The Bertz CT molecular complexity index is 1740. The molecule has 1 aliphatic rings. The molecule has 4 N–H and O–H groups in total. The van der Waals surface area contributed by atoms with Gasteiger partial charge in [0.1, 0.15) is 23.3 Å². The van der Waals surface area contributed by atoms with Crippen LogP contribution in [0.1, 0.15) is 39.1 Å². The van der Waals surface area contributed by atoms with Crippen molar-refractivity contribution in [3.8, 4) is 17.2 Å². The van der Waals surface area contributed by atoms with E-state index in [1.165, 1.54) is 55.6 Å². The van der Waals surface area contributed by atoms with Gasteiger partial charge in [-0.15, -0.1) is 0 Å². The summed E-state index contributed by atoms with van der Waals surface area (Å²) in [5, 5.41) is 24.3. The second-order valence-corrected chi connectivity index (χ2v) is 11.2. The predicted octanol–water partition coefficient (Wildman–Crippen LogP) is 6.41. The van der Waals surface area contributed by atoms with Crippen LogP contribution in [0.15, 0.2) is 91.0 Å². The Morgan fingerprint density at radius 2 is 1.42 bits per heavy atom. The first kappa shape index (κ1) is 33.6. The van der Waals surface area contributed by atoms with Crippen LogP contribution in [0.2, 0.25) is 5.02 Å². The molecule has 1 fully saturated rings. The Balaban J connectivity index is 1.31. The Labute approximate surface area is 280 Å². The number of nitrogens with zero attached hydrogens (tertiary/aromatic N) is 1. The summed E-state index contributed by atoms with van der Waals surface area (Å²) < 4.78 is 17.9. The van der Waals surface area contributed by atoms with Crippen molar-refractivity contribution in [1.82, 2.24) is 4.90 Å². The lowest BCUT2D eigenvalue weighted by Gasteiger charge is -2.32. The zero-order valence-corrected chi connectivity index (χ0v) is 26.5. The van der Waals surface area contributed by atoms with Gasteiger partial charge >= 0.3 is 18.0 Å². The number of halogens is 1. The molecule has 0 aromatic heterocycles. The lowest BCUT2D eigenvalue weighted by atomic mass is 10.1. The van der Waals surface area contributed by atoms with Crippen LogP contribution < -0.4 is 24.8 Å². The van der Waals surface area contributed by atoms with Crippen molar-refractivity contribution < 1.29 is 43.6 Å². The highest BCUT2D eigenvalue weighted by Gasteiger charge is 2.38. The summed E-state index contributed by atoms with van der Waals surface area (Å²) in [6, 6.07) is 22.5. The fourth-order valence-corrected chi connectivity index (χ4v) is 5.43. The topological polar surface area (TPSA) is 164 Å². The monoisotopic (exact) mass is 673 g/mol. The van der Waals surface area contributed by atoms with Crippen molar-refractivity contribution in [3.63, 3.8) is 0 Å². The van der Waals surface area contributed by atoms with E-state index in [0.717, 1.165) is 0 Å². The van der Waals surface area contributed by atoms with Crippen molar-refractivity contribution in [2.45, 2.75) is 31.6 Å². The number of rotatable bonds is 12. The number of amides is 3. The summed E-state index contributed by atoms with van der Waals surface area (Å²) in [6.07, 6.45) is 0.263. The van der Waals surface area contributed by atoms with E-state index in [4.69, 9.17) is 25.8 Å². The number of carbonyl (C=O) groups excluding carboxylic acids is 2. The van der Waals surface area contributed by atoms with E-state index in [1.54, 1.807) is 47.4 Å². The van der Waals surface area contributed by atoms with E-state index >= 15 is 0 Å². The van der Waals surface area contributed by atoms with Crippen LogP contribution in [-0.4, -0.2) is 65.0 Å². The lowest BCUT2D eigenvalue weighted by Crippen LogP contribution is -2.48. The summed E-state index contributed by atoms with van der Waals surface area (Å²) in [7, 11) is 1.46. The summed E-state index contributed by atoms with van der Waals surface area (Å²) in [5.74, 6) is -1.35. The van der Waals surface area contributed by atoms with Gasteiger partial charge in [-0.25, -0.2) is 14.4 Å². The van der Waals surface area contributed by atoms with Crippen molar-refractivity contribution in [1.29, 1.82) is 0 Å². The van der Waals surface area contributed by atoms with Crippen molar-refractivity contribution in [2.24, 2.45) is 0 Å². The highest BCUT2D eigenvalue weighted by atomic mass is 35.5. The first-order valence-electron chi connectivity index (χ1n) is 14.9. The number of carbonyl (C=O) groups is 4. The number of ether oxygens (including phenoxy) is 3. The van der Waals surface area contributed by atoms with Gasteiger partial charge in [0.25, 0.3) is 6.29 Å².